The average molecular weight is 142 g/mol. The van der Waals surface area contributed by atoms with E-state index in [1.54, 1.807) is 0 Å². The Hall–Kier alpha value is -0.810. The number of nitroso groups, excluding NO2 is 1. The summed E-state index contributed by atoms with van der Waals surface area (Å²) in [6.45, 7) is -1.30. The van der Waals surface area contributed by atoms with Crippen LogP contribution in [0.1, 0.15) is 0 Å². The largest absolute Gasteiger partial charge is 0.407 e. The summed E-state index contributed by atoms with van der Waals surface area (Å²) in [5, 5.41) is 2.31. The van der Waals surface area contributed by atoms with Crippen LogP contribution in [-0.4, -0.2) is 24.8 Å². The summed E-state index contributed by atoms with van der Waals surface area (Å²) in [6, 6.07) is 0. The van der Waals surface area contributed by atoms with Crippen molar-refractivity contribution in [3.63, 3.8) is 0 Å². The van der Waals surface area contributed by atoms with Crippen molar-refractivity contribution in [2.24, 2.45) is 5.29 Å². The van der Waals surface area contributed by atoms with Crippen LogP contribution >= 0.6 is 0 Å². The fourth-order valence-electron chi connectivity index (χ4n) is 0.288. The number of hydrogen-bond donors (Lipinski definition) is 0. The lowest BCUT2D eigenvalue weighted by Gasteiger charge is -2.10. The molecule has 54 valence electrons. The third-order valence-corrected chi connectivity index (χ3v) is 0.547. The third-order valence-electron chi connectivity index (χ3n) is 0.547. The highest BCUT2D eigenvalue weighted by Gasteiger charge is 2.29. The van der Waals surface area contributed by atoms with E-state index < -0.39 is 12.7 Å². The normalized spacial score (nSPS) is 11.1. The Morgan fingerprint density at radius 2 is 2.00 bits per heavy atom. The van der Waals surface area contributed by atoms with Crippen LogP contribution in [0.15, 0.2) is 5.29 Å². The first kappa shape index (κ1) is 8.19. The van der Waals surface area contributed by atoms with Gasteiger partial charge < -0.3 is 0 Å². The molecule has 0 atom stereocenters. The Kier molecular flexibility index (Phi) is 2.41. The molecule has 0 fully saturated rings. The molecular weight excluding hydrogens is 137 g/mol. The van der Waals surface area contributed by atoms with Crippen molar-refractivity contribution in [2.75, 3.05) is 13.6 Å². The van der Waals surface area contributed by atoms with Crippen LogP contribution in [0.2, 0.25) is 0 Å². The van der Waals surface area contributed by atoms with E-state index in [4.69, 9.17) is 0 Å². The van der Waals surface area contributed by atoms with Gasteiger partial charge in [0.15, 0.2) is 0 Å². The number of halogens is 3. The van der Waals surface area contributed by atoms with E-state index in [1.807, 2.05) is 5.29 Å². The number of alkyl halides is 3. The molecule has 0 radical (unpaired) electrons. The molecule has 0 saturated carbocycles. The highest BCUT2D eigenvalue weighted by atomic mass is 19.4. The minimum absolute atomic E-state index is 0.278. The molecule has 0 aromatic heterocycles. The predicted octanol–water partition coefficient (Wildman–Crippen LogP) is 1.16. The van der Waals surface area contributed by atoms with Crippen LogP contribution in [0.25, 0.3) is 0 Å². The Morgan fingerprint density at radius 3 is 2.11 bits per heavy atom. The zero-order valence-corrected chi connectivity index (χ0v) is 4.64. The molecule has 0 aliphatic rings. The molecule has 0 amide bonds. The van der Waals surface area contributed by atoms with Gasteiger partial charge in [0, 0.05) is 7.05 Å². The summed E-state index contributed by atoms with van der Waals surface area (Å²) in [7, 11) is 0.959. The summed E-state index contributed by atoms with van der Waals surface area (Å²) < 4.78 is 33.8. The van der Waals surface area contributed by atoms with Crippen molar-refractivity contribution < 1.29 is 13.2 Å². The second-order valence-corrected chi connectivity index (χ2v) is 1.51. The molecule has 0 aromatic carbocycles. The summed E-state index contributed by atoms with van der Waals surface area (Å²) >= 11 is 0. The van der Waals surface area contributed by atoms with E-state index in [2.05, 4.69) is 0 Å². The van der Waals surface area contributed by atoms with Crippen molar-refractivity contribution in [3.8, 4) is 0 Å². The fourth-order valence-corrected chi connectivity index (χ4v) is 0.288. The van der Waals surface area contributed by atoms with E-state index in [0.29, 0.717) is 0 Å². The second-order valence-electron chi connectivity index (χ2n) is 1.51. The lowest BCUT2D eigenvalue weighted by molar-refractivity contribution is -0.143. The number of rotatable bonds is 2. The Labute approximate surface area is 49.4 Å². The maximum Gasteiger partial charge on any atom is 0.407 e. The van der Waals surface area contributed by atoms with Gasteiger partial charge in [0.1, 0.15) is 6.54 Å². The first-order valence-corrected chi connectivity index (χ1v) is 2.07. The van der Waals surface area contributed by atoms with Gasteiger partial charge in [-0.25, -0.2) is 0 Å². The zero-order valence-electron chi connectivity index (χ0n) is 4.64. The van der Waals surface area contributed by atoms with E-state index >= 15 is 0 Å². The molecule has 0 aliphatic heterocycles. The predicted molar refractivity (Wildman–Crippen MR) is 24.5 cm³/mol. The molecule has 0 saturated heterocycles. The van der Waals surface area contributed by atoms with Crippen molar-refractivity contribution in [2.45, 2.75) is 6.18 Å². The monoisotopic (exact) mass is 142 g/mol. The minimum atomic E-state index is -4.34. The van der Waals surface area contributed by atoms with Gasteiger partial charge in [-0.3, -0.25) is 5.01 Å². The van der Waals surface area contributed by atoms with Crippen molar-refractivity contribution >= 4 is 0 Å². The molecule has 0 spiro atoms. The zero-order chi connectivity index (χ0) is 7.49. The highest BCUT2D eigenvalue weighted by molar-refractivity contribution is 4.52. The molecule has 0 aromatic rings. The Balaban J connectivity index is 3.59. The van der Waals surface area contributed by atoms with E-state index in [-0.39, 0.29) is 5.01 Å². The molecule has 6 heteroatoms. The van der Waals surface area contributed by atoms with Gasteiger partial charge in [0.2, 0.25) is 0 Å². The molecule has 0 unspecified atom stereocenters. The SMILES string of the molecule is CN(CC(F)(F)F)N=O. The van der Waals surface area contributed by atoms with Crippen LogP contribution < -0.4 is 0 Å². The first-order chi connectivity index (χ1) is 3.95. The molecule has 0 aliphatic carbocycles. The third kappa shape index (κ3) is 5.05. The van der Waals surface area contributed by atoms with Gasteiger partial charge in [-0.1, -0.05) is 0 Å². The smallest absolute Gasteiger partial charge is 0.255 e. The fraction of sp³-hybridized carbons (Fsp3) is 1.00. The summed E-state index contributed by atoms with van der Waals surface area (Å²) in [6.07, 6.45) is -4.34. The maximum absolute atomic E-state index is 11.3. The van der Waals surface area contributed by atoms with Crippen LogP contribution in [0, 0.1) is 4.91 Å². The van der Waals surface area contributed by atoms with Crippen molar-refractivity contribution in [3.05, 3.63) is 4.91 Å². The summed E-state index contributed by atoms with van der Waals surface area (Å²) in [5.41, 5.74) is 0. The van der Waals surface area contributed by atoms with Gasteiger partial charge in [-0.05, 0) is 0 Å². The number of nitrogens with zero attached hydrogens (tertiary/aromatic N) is 2. The summed E-state index contributed by atoms with van der Waals surface area (Å²) in [4.78, 5) is 9.36. The lowest BCUT2D eigenvalue weighted by atomic mass is 10.6. The van der Waals surface area contributed by atoms with Gasteiger partial charge in [0.25, 0.3) is 0 Å². The Morgan fingerprint density at radius 1 is 1.56 bits per heavy atom. The average Bonchev–Trinajstić information content (AvgIpc) is 1.62. The molecule has 0 heterocycles. The Bertz CT molecular complexity index is 102. The highest BCUT2D eigenvalue weighted by Crippen LogP contribution is 2.15. The standard InChI is InChI=1S/C3H5F3N2O/c1-8(7-9)2-3(4,5)6/h2H2,1H3. The van der Waals surface area contributed by atoms with Crippen LogP contribution in [0.5, 0.6) is 0 Å². The summed E-state index contributed by atoms with van der Waals surface area (Å²) in [5.74, 6) is 0. The maximum atomic E-state index is 11.3. The van der Waals surface area contributed by atoms with Crippen LogP contribution in [-0.2, 0) is 0 Å². The molecule has 0 rings (SSSR count). The number of hydrogen-bond acceptors (Lipinski definition) is 2. The first-order valence-electron chi connectivity index (χ1n) is 2.07. The quantitative estimate of drug-likeness (QED) is 0.428. The topological polar surface area (TPSA) is 32.7 Å². The molecule has 0 N–H and O–H groups in total. The van der Waals surface area contributed by atoms with E-state index in [0.717, 1.165) is 7.05 Å². The van der Waals surface area contributed by atoms with Crippen molar-refractivity contribution in [1.29, 1.82) is 0 Å². The lowest BCUT2D eigenvalue weighted by Crippen LogP contribution is -2.26. The van der Waals surface area contributed by atoms with Crippen LogP contribution in [0.4, 0.5) is 13.2 Å². The van der Waals surface area contributed by atoms with Gasteiger partial charge in [0.05, 0.1) is 5.29 Å². The molecule has 3 nitrogen and oxygen atoms in total. The van der Waals surface area contributed by atoms with E-state index in [9.17, 15) is 18.1 Å². The second kappa shape index (κ2) is 2.65. The van der Waals surface area contributed by atoms with Crippen molar-refractivity contribution in [1.82, 2.24) is 5.01 Å². The van der Waals surface area contributed by atoms with Gasteiger partial charge in [-0.15, -0.1) is 4.91 Å². The van der Waals surface area contributed by atoms with E-state index in [1.165, 1.54) is 0 Å². The van der Waals surface area contributed by atoms with Crippen LogP contribution in [0.3, 0.4) is 0 Å². The molecule has 0 bridgehead atoms. The minimum Gasteiger partial charge on any atom is -0.255 e. The van der Waals surface area contributed by atoms with Gasteiger partial charge >= 0.3 is 6.18 Å². The molecular formula is C3H5F3N2O. The van der Waals surface area contributed by atoms with Gasteiger partial charge in [-0.2, -0.15) is 13.2 Å². The molecule has 9 heavy (non-hydrogen) atoms.